The molecular weight excluding hydrogens is 318 g/mol. The van der Waals surface area contributed by atoms with Gasteiger partial charge in [-0.05, 0) is 30.9 Å². The number of benzene rings is 1. The Morgan fingerprint density at radius 3 is 2.92 bits per heavy atom. The van der Waals surface area contributed by atoms with Crippen LogP contribution in [0.3, 0.4) is 0 Å². The second-order valence-corrected chi connectivity index (χ2v) is 6.73. The van der Waals surface area contributed by atoms with Gasteiger partial charge in [-0.25, -0.2) is 0 Å². The number of carbonyl (C=O) groups is 3. The van der Waals surface area contributed by atoms with Crippen molar-refractivity contribution in [2.45, 2.75) is 44.4 Å². The zero-order chi connectivity index (χ0) is 17.6. The third-order valence-electron chi connectivity index (χ3n) is 4.89. The lowest BCUT2D eigenvalue weighted by molar-refractivity contribution is -0.130. The lowest BCUT2D eigenvalue weighted by Crippen LogP contribution is -2.37. The highest BCUT2D eigenvalue weighted by Crippen LogP contribution is 2.31. The molecule has 25 heavy (non-hydrogen) atoms. The normalized spacial score (nSPS) is 20.5. The molecule has 0 radical (unpaired) electrons. The molecular formula is C19H25N3O3. The van der Waals surface area contributed by atoms with Crippen LogP contribution in [-0.2, 0) is 14.4 Å². The van der Waals surface area contributed by atoms with E-state index >= 15 is 0 Å². The van der Waals surface area contributed by atoms with E-state index in [0.717, 1.165) is 37.8 Å². The average molecular weight is 343 g/mol. The van der Waals surface area contributed by atoms with Crippen LogP contribution >= 0.6 is 0 Å². The number of rotatable bonds is 5. The van der Waals surface area contributed by atoms with E-state index in [1.165, 1.54) is 0 Å². The second kappa shape index (κ2) is 8.14. The SMILES string of the molecule is O=C1CC(C(=O)NCCCN2CCCCCC2=O)c2ccccc2N1. The summed E-state index contributed by atoms with van der Waals surface area (Å²) in [5, 5.41) is 5.73. The summed E-state index contributed by atoms with van der Waals surface area (Å²) in [5.41, 5.74) is 1.58. The fraction of sp³-hybridized carbons (Fsp3) is 0.526. The van der Waals surface area contributed by atoms with Crippen LogP contribution in [0.25, 0.3) is 0 Å². The quantitative estimate of drug-likeness (QED) is 0.803. The number of para-hydroxylation sites is 1. The van der Waals surface area contributed by atoms with Crippen LogP contribution in [0.5, 0.6) is 0 Å². The molecule has 0 aliphatic carbocycles. The van der Waals surface area contributed by atoms with Crippen LogP contribution in [0.1, 0.15) is 50.0 Å². The van der Waals surface area contributed by atoms with E-state index in [1.54, 1.807) is 0 Å². The summed E-state index contributed by atoms with van der Waals surface area (Å²) in [7, 11) is 0. The Bertz CT molecular complexity index is 659. The molecule has 1 aromatic rings. The first-order valence-electron chi connectivity index (χ1n) is 9.09. The Balaban J connectivity index is 1.50. The van der Waals surface area contributed by atoms with Crippen LogP contribution in [0, 0.1) is 0 Å². The van der Waals surface area contributed by atoms with Gasteiger partial charge in [0.05, 0.1) is 5.92 Å². The van der Waals surface area contributed by atoms with E-state index in [1.807, 2.05) is 29.2 Å². The topological polar surface area (TPSA) is 78.5 Å². The van der Waals surface area contributed by atoms with Crippen molar-refractivity contribution >= 4 is 23.4 Å². The summed E-state index contributed by atoms with van der Waals surface area (Å²) < 4.78 is 0. The molecule has 1 atom stereocenters. The molecule has 0 bridgehead atoms. The molecule has 3 rings (SSSR count). The minimum atomic E-state index is -0.440. The molecule has 0 spiro atoms. The predicted molar refractivity (Wildman–Crippen MR) is 95.1 cm³/mol. The van der Waals surface area contributed by atoms with Gasteiger partial charge in [-0.15, -0.1) is 0 Å². The van der Waals surface area contributed by atoms with Crippen molar-refractivity contribution in [3.05, 3.63) is 29.8 Å². The number of anilines is 1. The van der Waals surface area contributed by atoms with E-state index in [2.05, 4.69) is 10.6 Å². The Morgan fingerprint density at radius 1 is 1.20 bits per heavy atom. The van der Waals surface area contributed by atoms with Crippen molar-refractivity contribution in [2.75, 3.05) is 25.0 Å². The molecule has 2 N–H and O–H groups in total. The summed E-state index contributed by atoms with van der Waals surface area (Å²) in [5.74, 6) is -0.468. The van der Waals surface area contributed by atoms with Crippen molar-refractivity contribution < 1.29 is 14.4 Å². The zero-order valence-electron chi connectivity index (χ0n) is 14.4. The number of hydrogen-bond acceptors (Lipinski definition) is 3. The molecule has 2 heterocycles. The van der Waals surface area contributed by atoms with Gasteiger partial charge in [0, 0.05) is 38.2 Å². The third-order valence-corrected chi connectivity index (χ3v) is 4.89. The molecule has 1 fully saturated rings. The van der Waals surface area contributed by atoms with E-state index in [-0.39, 0.29) is 24.1 Å². The Kier molecular flexibility index (Phi) is 5.68. The van der Waals surface area contributed by atoms with Gasteiger partial charge in [-0.1, -0.05) is 24.6 Å². The minimum Gasteiger partial charge on any atom is -0.355 e. The Labute approximate surface area is 148 Å². The lowest BCUT2D eigenvalue weighted by Gasteiger charge is -2.25. The lowest BCUT2D eigenvalue weighted by atomic mass is 9.90. The van der Waals surface area contributed by atoms with Crippen LogP contribution in [0.2, 0.25) is 0 Å². The summed E-state index contributed by atoms with van der Waals surface area (Å²) in [6.07, 6.45) is 4.70. The monoisotopic (exact) mass is 343 g/mol. The van der Waals surface area contributed by atoms with E-state index in [0.29, 0.717) is 25.2 Å². The minimum absolute atomic E-state index is 0.121. The molecule has 2 aliphatic heterocycles. The van der Waals surface area contributed by atoms with Crippen LogP contribution in [-0.4, -0.2) is 42.3 Å². The maximum atomic E-state index is 12.5. The van der Waals surface area contributed by atoms with Gasteiger partial charge < -0.3 is 15.5 Å². The number of likely N-dealkylation sites (tertiary alicyclic amines) is 1. The molecule has 134 valence electrons. The van der Waals surface area contributed by atoms with Gasteiger partial charge in [0.15, 0.2) is 0 Å². The first-order chi connectivity index (χ1) is 12.1. The molecule has 3 amide bonds. The van der Waals surface area contributed by atoms with Crippen LogP contribution in [0.15, 0.2) is 24.3 Å². The second-order valence-electron chi connectivity index (χ2n) is 6.73. The molecule has 0 aromatic heterocycles. The fourth-order valence-electron chi connectivity index (χ4n) is 3.52. The highest BCUT2D eigenvalue weighted by atomic mass is 16.2. The smallest absolute Gasteiger partial charge is 0.228 e. The van der Waals surface area contributed by atoms with Crippen molar-refractivity contribution in [2.24, 2.45) is 0 Å². The van der Waals surface area contributed by atoms with Gasteiger partial charge in [0.1, 0.15) is 0 Å². The Morgan fingerprint density at radius 2 is 2.04 bits per heavy atom. The summed E-state index contributed by atoms with van der Waals surface area (Å²) in [6, 6.07) is 7.42. The first-order valence-corrected chi connectivity index (χ1v) is 9.09. The molecule has 2 aliphatic rings. The molecule has 1 saturated heterocycles. The molecule has 6 nitrogen and oxygen atoms in total. The molecule has 0 saturated carbocycles. The average Bonchev–Trinajstić information content (AvgIpc) is 2.82. The largest absolute Gasteiger partial charge is 0.355 e. The van der Waals surface area contributed by atoms with Crippen molar-refractivity contribution in [1.29, 1.82) is 0 Å². The number of nitrogens with one attached hydrogen (secondary N) is 2. The number of hydrogen-bond donors (Lipinski definition) is 2. The molecule has 6 heteroatoms. The zero-order valence-corrected chi connectivity index (χ0v) is 14.4. The van der Waals surface area contributed by atoms with Crippen LogP contribution < -0.4 is 10.6 Å². The van der Waals surface area contributed by atoms with Gasteiger partial charge >= 0.3 is 0 Å². The molecule has 1 unspecified atom stereocenters. The highest BCUT2D eigenvalue weighted by Gasteiger charge is 2.30. The van der Waals surface area contributed by atoms with E-state index in [4.69, 9.17) is 0 Å². The van der Waals surface area contributed by atoms with Crippen molar-refractivity contribution in [3.8, 4) is 0 Å². The maximum Gasteiger partial charge on any atom is 0.228 e. The van der Waals surface area contributed by atoms with E-state index < -0.39 is 5.92 Å². The summed E-state index contributed by atoms with van der Waals surface area (Å²) >= 11 is 0. The third kappa shape index (κ3) is 4.38. The van der Waals surface area contributed by atoms with Crippen LogP contribution in [0.4, 0.5) is 5.69 Å². The summed E-state index contributed by atoms with van der Waals surface area (Å²) in [6.45, 7) is 2.02. The fourth-order valence-corrected chi connectivity index (χ4v) is 3.52. The van der Waals surface area contributed by atoms with E-state index in [9.17, 15) is 14.4 Å². The Hall–Kier alpha value is -2.37. The van der Waals surface area contributed by atoms with Gasteiger partial charge in [-0.3, -0.25) is 14.4 Å². The standard InChI is InChI=1S/C19H25N3O3/c23-17-13-15(14-7-3-4-8-16(14)21-17)19(25)20-10-6-12-22-11-5-1-2-9-18(22)24/h3-4,7-8,15H,1-2,5-6,9-13H2,(H,20,25)(H,21,23). The van der Waals surface area contributed by atoms with Crippen molar-refractivity contribution in [3.63, 3.8) is 0 Å². The number of amides is 3. The number of fused-ring (bicyclic) bond motifs is 1. The summed E-state index contributed by atoms with van der Waals surface area (Å²) in [4.78, 5) is 38.2. The molecule has 1 aromatic carbocycles. The van der Waals surface area contributed by atoms with Gasteiger partial charge in [0.25, 0.3) is 0 Å². The van der Waals surface area contributed by atoms with Gasteiger partial charge in [0.2, 0.25) is 17.7 Å². The number of nitrogens with zero attached hydrogens (tertiary/aromatic N) is 1. The predicted octanol–water partition coefficient (Wildman–Crippen LogP) is 2.02. The van der Waals surface area contributed by atoms with Gasteiger partial charge in [-0.2, -0.15) is 0 Å². The highest BCUT2D eigenvalue weighted by molar-refractivity contribution is 6.01. The van der Waals surface area contributed by atoms with Crippen molar-refractivity contribution in [1.82, 2.24) is 10.2 Å². The first kappa shape index (κ1) is 17.5. The maximum absolute atomic E-state index is 12.5. The number of carbonyl (C=O) groups excluding carboxylic acids is 3.